The first-order valence-electron chi connectivity index (χ1n) is 7.06. The van der Waals surface area contributed by atoms with Crippen LogP contribution in [0.2, 0.25) is 0 Å². The summed E-state index contributed by atoms with van der Waals surface area (Å²) < 4.78 is 0.995. The number of rotatable bonds is 4. The van der Waals surface area contributed by atoms with Crippen LogP contribution in [0.1, 0.15) is 10.4 Å². The van der Waals surface area contributed by atoms with Gasteiger partial charge in [0.15, 0.2) is 0 Å². The number of carbonyl (C=O) groups excluding carboxylic acids is 1. The van der Waals surface area contributed by atoms with Gasteiger partial charge in [-0.1, -0.05) is 40.2 Å². The van der Waals surface area contributed by atoms with E-state index < -0.39 is 0 Å². The summed E-state index contributed by atoms with van der Waals surface area (Å²) in [5.74, 6) is 0.556. The van der Waals surface area contributed by atoms with E-state index in [1.807, 2.05) is 54.6 Å². The lowest BCUT2D eigenvalue weighted by molar-refractivity contribution is 0.102. The van der Waals surface area contributed by atoms with Crippen molar-refractivity contribution in [2.45, 2.75) is 0 Å². The van der Waals surface area contributed by atoms with Crippen molar-refractivity contribution in [1.29, 1.82) is 0 Å². The van der Waals surface area contributed by atoms with Gasteiger partial charge >= 0.3 is 0 Å². The Morgan fingerprint density at radius 3 is 2.43 bits per heavy atom. The maximum Gasteiger partial charge on any atom is 0.255 e. The van der Waals surface area contributed by atoms with E-state index in [0.717, 1.165) is 10.2 Å². The van der Waals surface area contributed by atoms with Gasteiger partial charge in [-0.25, -0.2) is 4.98 Å². The molecule has 3 aromatic rings. The molecule has 0 aliphatic rings. The molecule has 0 fully saturated rings. The molecule has 4 nitrogen and oxygen atoms in total. The van der Waals surface area contributed by atoms with Gasteiger partial charge in [0.05, 0.1) is 11.9 Å². The number of benzene rings is 2. The van der Waals surface area contributed by atoms with Crippen LogP contribution in [-0.2, 0) is 0 Å². The smallest absolute Gasteiger partial charge is 0.255 e. The van der Waals surface area contributed by atoms with Gasteiger partial charge in [-0.15, -0.1) is 0 Å². The Bertz CT molecular complexity index is 804. The minimum Gasteiger partial charge on any atom is -0.340 e. The molecular formula is C18H14BrN3O. The summed E-state index contributed by atoms with van der Waals surface area (Å²) in [6, 6.07) is 20.5. The molecule has 0 saturated heterocycles. The van der Waals surface area contributed by atoms with E-state index in [1.165, 1.54) is 0 Å². The maximum absolute atomic E-state index is 12.1. The SMILES string of the molecule is O=C(Nc1ccc(Nc2cccc(Br)c2)nc1)c1ccccc1. The van der Waals surface area contributed by atoms with Crippen LogP contribution in [0.25, 0.3) is 0 Å². The zero-order valence-electron chi connectivity index (χ0n) is 12.2. The minimum atomic E-state index is -0.153. The Labute approximate surface area is 142 Å². The third-order valence-corrected chi connectivity index (χ3v) is 3.65. The van der Waals surface area contributed by atoms with E-state index in [1.54, 1.807) is 18.3 Å². The molecule has 0 aliphatic heterocycles. The largest absolute Gasteiger partial charge is 0.340 e. The highest BCUT2D eigenvalue weighted by molar-refractivity contribution is 9.10. The van der Waals surface area contributed by atoms with Crippen LogP contribution in [0, 0.1) is 0 Å². The molecule has 0 aliphatic carbocycles. The summed E-state index contributed by atoms with van der Waals surface area (Å²) in [7, 11) is 0. The molecule has 1 aromatic heterocycles. The van der Waals surface area contributed by atoms with Crippen molar-refractivity contribution in [1.82, 2.24) is 4.98 Å². The van der Waals surface area contributed by atoms with E-state index in [4.69, 9.17) is 0 Å². The summed E-state index contributed by atoms with van der Waals surface area (Å²) in [4.78, 5) is 16.4. The number of nitrogens with zero attached hydrogens (tertiary/aromatic N) is 1. The zero-order chi connectivity index (χ0) is 16.1. The molecule has 0 saturated carbocycles. The fourth-order valence-corrected chi connectivity index (χ4v) is 2.45. The number of amides is 1. The first-order valence-corrected chi connectivity index (χ1v) is 7.85. The number of hydrogen-bond acceptors (Lipinski definition) is 3. The number of aromatic nitrogens is 1. The summed E-state index contributed by atoms with van der Waals surface area (Å²) >= 11 is 3.43. The van der Waals surface area contributed by atoms with Gasteiger partial charge in [-0.05, 0) is 42.5 Å². The van der Waals surface area contributed by atoms with E-state index in [9.17, 15) is 4.79 Å². The summed E-state index contributed by atoms with van der Waals surface area (Å²) in [5.41, 5.74) is 2.20. The normalized spacial score (nSPS) is 10.1. The van der Waals surface area contributed by atoms with Crippen LogP contribution in [0.4, 0.5) is 17.2 Å². The molecule has 0 radical (unpaired) electrons. The lowest BCUT2D eigenvalue weighted by Gasteiger charge is -2.08. The standard InChI is InChI=1S/C18H14BrN3O/c19-14-7-4-8-15(11-14)21-17-10-9-16(12-20-17)22-18(23)13-5-2-1-3-6-13/h1-12H,(H,20,21)(H,22,23). The number of carbonyl (C=O) groups is 1. The molecule has 1 heterocycles. The van der Waals surface area contributed by atoms with Crippen molar-refractivity contribution >= 4 is 39.0 Å². The van der Waals surface area contributed by atoms with Crippen molar-refractivity contribution < 1.29 is 4.79 Å². The fraction of sp³-hybridized carbons (Fsp3) is 0. The quantitative estimate of drug-likeness (QED) is 0.693. The number of nitrogens with one attached hydrogen (secondary N) is 2. The molecule has 2 aromatic carbocycles. The van der Waals surface area contributed by atoms with Crippen molar-refractivity contribution in [3.63, 3.8) is 0 Å². The predicted molar refractivity (Wildman–Crippen MR) is 96.1 cm³/mol. The highest BCUT2D eigenvalue weighted by atomic mass is 79.9. The molecule has 0 atom stereocenters. The molecule has 1 amide bonds. The van der Waals surface area contributed by atoms with Crippen LogP contribution < -0.4 is 10.6 Å². The average Bonchev–Trinajstić information content (AvgIpc) is 2.57. The van der Waals surface area contributed by atoms with Gasteiger partial charge in [0.25, 0.3) is 5.91 Å². The molecule has 5 heteroatoms. The van der Waals surface area contributed by atoms with Crippen molar-refractivity contribution in [3.05, 3.63) is 83.0 Å². The second kappa shape index (κ2) is 7.07. The Morgan fingerprint density at radius 2 is 1.74 bits per heavy atom. The number of anilines is 3. The average molecular weight is 368 g/mol. The van der Waals surface area contributed by atoms with Crippen molar-refractivity contribution in [2.24, 2.45) is 0 Å². The Balaban J connectivity index is 1.66. The second-order valence-corrected chi connectivity index (χ2v) is 5.80. The number of pyridine rings is 1. The molecule has 114 valence electrons. The summed E-state index contributed by atoms with van der Waals surface area (Å²) in [6.45, 7) is 0. The van der Waals surface area contributed by atoms with Gasteiger partial charge < -0.3 is 10.6 Å². The highest BCUT2D eigenvalue weighted by Crippen LogP contribution is 2.20. The molecule has 0 spiro atoms. The zero-order valence-corrected chi connectivity index (χ0v) is 13.7. The van der Waals surface area contributed by atoms with E-state index in [2.05, 4.69) is 31.5 Å². The molecule has 3 rings (SSSR count). The second-order valence-electron chi connectivity index (χ2n) is 4.89. The Morgan fingerprint density at radius 1 is 0.913 bits per heavy atom. The van der Waals surface area contributed by atoms with Gasteiger partial charge in [-0.2, -0.15) is 0 Å². The molecule has 0 bridgehead atoms. The van der Waals surface area contributed by atoms with Gasteiger partial charge in [-0.3, -0.25) is 4.79 Å². The molecule has 2 N–H and O–H groups in total. The van der Waals surface area contributed by atoms with Crippen LogP contribution in [0.15, 0.2) is 77.4 Å². The van der Waals surface area contributed by atoms with Crippen LogP contribution in [0.5, 0.6) is 0 Å². The minimum absolute atomic E-state index is 0.153. The first-order chi connectivity index (χ1) is 11.2. The van der Waals surface area contributed by atoms with Crippen molar-refractivity contribution in [2.75, 3.05) is 10.6 Å². The summed E-state index contributed by atoms with van der Waals surface area (Å²) in [5, 5.41) is 6.02. The molecule has 0 unspecified atom stereocenters. The van der Waals surface area contributed by atoms with Crippen LogP contribution >= 0.6 is 15.9 Å². The Hall–Kier alpha value is -2.66. The monoisotopic (exact) mass is 367 g/mol. The third-order valence-electron chi connectivity index (χ3n) is 3.15. The van der Waals surface area contributed by atoms with Gasteiger partial charge in [0.2, 0.25) is 0 Å². The third kappa shape index (κ3) is 4.17. The lowest BCUT2D eigenvalue weighted by atomic mass is 10.2. The Kier molecular flexibility index (Phi) is 4.68. The molecule has 23 heavy (non-hydrogen) atoms. The highest BCUT2D eigenvalue weighted by Gasteiger charge is 2.05. The predicted octanol–water partition coefficient (Wildman–Crippen LogP) is 4.84. The van der Waals surface area contributed by atoms with E-state index in [0.29, 0.717) is 17.1 Å². The van der Waals surface area contributed by atoms with E-state index in [-0.39, 0.29) is 5.91 Å². The van der Waals surface area contributed by atoms with E-state index >= 15 is 0 Å². The topological polar surface area (TPSA) is 54.0 Å². The van der Waals surface area contributed by atoms with Gasteiger partial charge in [0.1, 0.15) is 5.82 Å². The van der Waals surface area contributed by atoms with Crippen LogP contribution in [-0.4, -0.2) is 10.9 Å². The first kappa shape index (κ1) is 15.2. The fourth-order valence-electron chi connectivity index (χ4n) is 2.05. The van der Waals surface area contributed by atoms with Crippen LogP contribution in [0.3, 0.4) is 0 Å². The number of hydrogen-bond donors (Lipinski definition) is 2. The van der Waals surface area contributed by atoms with Crippen molar-refractivity contribution in [3.8, 4) is 0 Å². The summed E-state index contributed by atoms with van der Waals surface area (Å²) in [6.07, 6.45) is 1.63. The maximum atomic E-state index is 12.1. The lowest BCUT2D eigenvalue weighted by Crippen LogP contribution is -2.11. The number of halogens is 1. The molecular weight excluding hydrogens is 354 g/mol. The van der Waals surface area contributed by atoms with Gasteiger partial charge in [0, 0.05) is 15.7 Å².